The molecule has 3 heterocycles. The highest BCUT2D eigenvalue weighted by atomic mass is 16.2. The van der Waals surface area contributed by atoms with Crippen LogP contribution in [0.1, 0.15) is 34.6 Å². The van der Waals surface area contributed by atoms with Gasteiger partial charge in [-0.2, -0.15) is 5.10 Å². The lowest BCUT2D eigenvalue weighted by atomic mass is 9.89. The molecule has 3 atom stereocenters. The minimum atomic E-state index is 0.0474. The summed E-state index contributed by atoms with van der Waals surface area (Å²) < 4.78 is 1.68. The minimum Gasteiger partial charge on any atom is -0.338 e. The second-order valence-electron chi connectivity index (χ2n) is 7.46. The number of carbonyl (C=O) groups is 2. The molecule has 136 valence electrons. The number of carbonyl (C=O) groups excluding carboxylic acids is 2. The largest absolute Gasteiger partial charge is 0.338 e. The molecule has 2 aromatic rings. The Kier molecular flexibility index (Phi) is 4.05. The van der Waals surface area contributed by atoms with Crippen LogP contribution in [0.3, 0.4) is 0 Å². The van der Waals surface area contributed by atoms with Crippen molar-refractivity contribution in [3.05, 3.63) is 53.3 Å². The van der Waals surface area contributed by atoms with Crippen LogP contribution in [0.25, 0.3) is 0 Å². The highest BCUT2D eigenvalue weighted by Gasteiger charge is 2.49. The summed E-state index contributed by atoms with van der Waals surface area (Å²) in [6, 6.07) is 10.2. The maximum atomic E-state index is 13.0. The second-order valence-corrected chi connectivity index (χ2v) is 7.46. The van der Waals surface area contributed by atoms with E-state index < -0.39 is 0 Å². The molecular weight excluding hydrogens is 328 g/mol. The predicted octanol–water partition coefficient (Wildman–Crippen LogP) is 2.02. The molecule has 26 heavy (non-hydrogen) atoms. The molecular formula is C20H24N4O2. The van der Waals surface area contributed by atoms with E-state index in [4.69, 9.17) is 0 Å². The van der Waals surface area contributed by atoms with Crippen LogP contribution in [-0.2, 0) is 11.8 Å². The van der Waals surface area contributed by atoms with Crippen molar-refractivity contribution in [1.82, 2.24) is 19.6 Å². The zero-order valence-corrected chi connectivity index (χ0v) is 15.4. The van der Waals surface area contributed by atoms with Gasteiger partial charge in [0.05, 0.1) is 17.3 Å². The molecule has 2 saturated heterocycles. The van der Waals surface area contributed by atoms with E-state index in [0.717, 1.165) is 17.8 Å². The normalized spacial score (nSPS) is 24.8. The Hall–Kier alpha value is -2.63. The molecule has 2 aliphatic heterocycles. The van der Waals surface area contributed by atoms with Gasteiger partial charge in [-0.3, -0.25) is 14.3 Å². The Morgan fingerprint density at radius 1 is 1.12 bits per heavy atom. The van der Waals surface area contributed by atoms with Gasteiger partial charge in [0.1, 0.15) is 0 Å². The number of fused-ring (bicyclic) bond motifs is 1. The van der Waals surface area contributed by atoms with E-state index >= 15 is 0 Å². The summed E-state index contributed by atoms with van der Waals surface area (Å²) in [5, 5.41) is 4.29. The lowest BCUT2D eigenvalue weighted by Crippen LogP contribution is -2.36. The van der Waals surface area contributed by atoms with Crippen molar-refractivity contribution in [2.45, 2.75) is 19.9 Å². The highest BCUT2D eigenvalue weighted by Crippen LogP contribution is 2.45. The quantitative estimate of drug-likeness (QED) is 0.831. The first-order chi connectivity index (χ1) is 12.5. The summed E-state index contributed by atoms with van der Waals surface area (Å²) in [4.78, 5) is 29.1. The van der Waals surface area contributed by atoms with Gasteiger partial charge >= 0.3 is 0 Å². The molecule has 0 radical (unpaired) electrons. The third-order valence-corrected chi connectivity index (χ3v) is 5.74. The summed E-state index contributed by atoms with van der Waals surface area (Å²) in [6.07, 6.45) is 1.79. The fourth-order valence-electron chi connectivity index (χ4n) is 4.59. The molecule has 0 unspecified atom stereocenters. The van der Waals surface area contributed by atoms with E-state index in [9.17, 15) is 9.59 Å². The fourth-order valence-corrected chi connectivity index (χ4v) is 4.59. The topological polar surface area (TPSA) is 58.4 Å². The third-order valence-electron chi connectivity index (χ3n) is 5.74. The number of benzene rings is 1. The molecule has 0 bridgehead atoms. The van der Waals surface area contributed by atoms with Crippen LogP contribution in [0.4, 0.5) is 0 Å². The average Bonchev–Trinajstić information content (AvgIpc) is 3.26. The zero-order chi connectivity index (χ0) is 18.4. The fraction of sp³-hybridized carbons (Fsp3) is 0.450. The lowest BCUT2D eigenvalue weighted by molar-refractivity contribution is -0.130. The van der Waals surface area contributed by atoms with E-state index in [-0.39, 0.29) is 23.8 Å². The Balaban J connectivity index is 1.60. The summed E-state index contributed by atoms with van der Waals surface area (Å²) in [7, 11) is 1.83. The van der Waals surface area contributed by atoms with Crippen molar-refractivity contribution in [3.8, 4) is 0 Å². The number of aromatic nitrogens is 2. The zero-order valence-electron chi connectivity index (χ0n) is 15.4. The van der Waals surface area contributed by atoms with Crippen LogP contribution >= 0.6 is 0 Å². The second kappa shape index (κ2) is 6.27. The Bertz CT molecular complexity index is 845. The number of hydrogen-bond acceptors (Lipinski definition) is 3. The van der Waals surface area contributed by atoms with Crippen LogP contribution in [-0.4, -0.2) is 51.0 Å². The molecule has 6 heteroatoms. The number of rotatable bonds is 2. The highest BCUT2D eigenvalue weighted by molar-refractivity contribution is 5.95. The van der Waals surface area contributed by atoms with Crippen molar-refractivity contribution in [2.24, 2.45) is 18.9 Å². The number of hydrogen-bond donors (Lipinski definition) is 0. The molecule has 4 rings (SSSR count). The summed E-state index contributed by atoms with van der Waals surface area (Å²) in [6.45, 7) is 5.61. The van der Waals surface area contributed by atoms with Crippen LogP contribution in [0.5, 0.6) is 0 Å². The van der Waals surface area contributed by atoms with Crippen molar-refractivity contribution in [1.29, 1.82) is 0 Å². The molecule has 2 aliphatic rings. The van der Waals surface area contributed by atoms with Crippen LogP contribution in [0.2, 0.25) is 0 Å². The Morgan fingerprint density at radius 3 is 2.46 bits per heavy atom. The van der Waals surface area contributed by atoms with Crippen LogP contribution < -0.4 is 0 Å². The Morgan fingerprint density at radius 2 is 1.85 bits per heavy atom. The monoisotopic (exact) mass is 352 g/mol. The molecule has 0 aliphatic carbocycles. The SMILES string of the molecule is CC(=O)N1C[C@H]2CN(C(=O)c3cn(C)nc3C)C[C@H]2[C@@H]1c1ccccc1. The van der Waals surface area contributed by atoms with Gasteiger partial charge in [-0.25, -0.2) is 0 Å². The van der Waals surface area contributed by atoms with Crippen LogP contribution in [0, 0.1) is 18.8 Å². The number of nitrogens with zero attached hydrogens (tertiary/aromatic N) is 4. The molecule has 2 fully saturated rings. The van der Waals surface area contributed by atoms with E-state index in [1.165, 1.54) is 0 Å². The molecule has 0 N–H and O–H groups in total. The van der Waals surface area contributed by atoms with E-state index in [2.05, 4.69) is 17.2 Å². The van der Waals surface area contributed by atoms with Gasteiger partial charge in [0, 0.05) is 51.6 Å². The smallest absolute Gasteiger partial charge is 0.257 e. The van der Waals surface area contributed by atoms with Crippen molar-refractivity contribution >= 4 is 11.8 Å². The third kappa shape index (κ3) is 2.69. The first-order valence-electron chi connectivity index (χ1n) is 9.07. The van der Waals surface area contributed by atoms with Gasteiger partial charge in [-0.1, -0.05) is 30.3 Å². The van der Waals surface area contributed by atoms with E-state index in [0.29, 0.717) is 24.6 Å². The van der Waals surface area contributed by atoms with E-state index in [1.54, 1.807) is 17.8 Å². The van der Waals surface area contributed by atoms with Crippen molar-refractivity contribution < 1.29 is 9.59 Å². The predicted molar refractivity (Wildman–Crippen MR) is 97.4 cm³/mol. The summed E-state index contributed by atoms with van der Waals surface area (Å²) >= 11 is 0. The number of likely N-dealkylation sites (tertiary alicyclic amines) is 2. The summed E-state index contributed by atoms with van der Waals surface area (Å²) in [5.41, 5.74) is 2.59. The van der Waals surface area contributed by atoms with Gasteiger partial charge in [-0.15, -0.1) is 0 Å². The number of aryl methyl sites for hydroxylation is 2. The van der Waals surface area contributed by atoms with Crippen molar-refractivity contribution in [3.63, 3.8) is 0 Å². The van der Waals surface area contributed by atoms with Gasteiger partial charge < -0.3 is 9.80 Å². The maximum absolute atomic E-state index is 13.0. The summed E-state index contributed by atoms with van der Waals surface area (Å²) in [5.74, 6) is 0.757. The van der Waals surface area contributed by atoms with Gasteiger partial charge in [0.2, 0.25) is 5.91 Å². The Labute approximate surface area is 153 Å². The van der Waals surface area contributed by atoms with Crippen LogP contribution in [0.15, 0.2) is 36.5 Å². The minimum absolute atomic E-state index is 0.0474. The van der Waals surface area contributed by atoms with E-state index in [1.807, 2.05) is 42.0 Å². The first-order valence-corrected chi connectivity index (χ1v) is 9.07. The van der Waals surface area contributed by atoms with Gasteiger partial charge in [0.15, 0.2) is 0 Å². The average molecular weight is 352 g/mol. The van der Waals surface area contributed by atoms with Gasteiger partial charge in [0.25, 0.3) is 5.91 Å². The standard InChI is InChI=1S/C20H24N4O2/c1-13-17(11-22(3)21-13)20(26)23-9-16-10-24(14(2)25)19(18(16)12-23)15-7-5-4-6-8-15/h4-8,11,16,18-19H,9-10,12H2,1-3H3/t16-,18-,19+/m1/s1. The molecule has 1 aromatic carbocycles. The molecule has 1 aromatic heterocycles. The first kappa shape index (κ1) is 16.8. The molecule has 0 spiro atoms. The van der Waals surface area contributed by atoms with Crippen molar-refractivity contribution in [2.75, 3.05) is 19.6 Å². The molecule has 2 amide bonds. The lowest BCUT2D eigenvalue weighted by Gasteiger charge is -2.29. The molecule has 0 saturated carbocycles. The molecule has 6 nitrogen and oxygen atoms in total. The number of amides is 2. The maximum Gasteiger partial charge on any atom is 0.257 e. The van der Waals surface area contributed by atoms with Gasteiger partial charge in [-0.05, 0) is 12.5 Å².